The third-order valence-corrected chi connectivity index (χ3v) is 12.5. The van der Waals surface area contributed by atoms with Crippen molar-refractivity contribution in [1.82, 2.24) is 4.57 Å². The molecule has 0 aliphatic rings. The van der Waals surface area contributed by atoms with Gasteiger partial charge in [-0.15, -0.1) is 22.7 Å². The van der Waals surface area contributed by atoms with Crippen LogP contribution in [0.15, 0.2) is 170 Å². The predicted molar refractivity (Wildman–Crippen MR) is 219 cm³/mol. The molecule has 8 aromatic carbocycles. The van der Waals surface area contributed by atoms with Gasteiger partial charge in [-0.25, -0.2) is 0 Å². The van der Waals surface area contributed by atoms with E-state index in [4.69, 9.17) is 0 Å². The molecular weight excluding hydrogens is 645 g/mol. The van der Waals surface area contributed by atoms with Gasteiger partial charge in [-0.3, -0.25) is 0 Å². The summed E-state index contributed by atoms with van der Waals surface area (Å²) < 4.78 is 7.68. The van der Waals surface area contributed by atoms with Gasteiger partial charge in [0.1, 0.15) is 0 Å². The molecule has 0 N–H and O–H groups in total. The topological polar surface area (TPSA) is 8.17 Å². The Labute approximate surface area is 296 Å². The Hall–Kier alpha value is -5.94. The van der Waals surface area contributed by atoms with Crippen molar-refractivity contribution in [2.45, 2.75) is 0 Å². The van der Waals surface area contributed by atoms with Crippen LogP contribution in [-0.2, 0) is 0 Å². The highest BCUT2D eigenvalue weighted by atomic mass is 32.1. The number of benzene rings is 8. The maximum absolute atomic E-state index is 2.54. The molecule has 0 aliphatic heterocycles. The molecule has 0 amide bonds. The van der Waals surface area contributed by atoms with Crippen LogP contribution >= 0.6 is 22.7 Å². The van der Waals surface area contributed by atoms with Crippen molar-refractivity contribution in [2.75, 3.05) is 4.90 Å². The number of para-hydroxylation sites is 3. The van der Waals surface area contributed by atoms with Crippen LogP contribution in [0.25, 0.3) is 78.6 Å². The monoisotopic (exact) mass is 672 g/mol. The maximum Gasteiger partial charge on any atom is 0.0782 e. The van der Waals surface area contributed by atoms with E-state index in [9.17, 15) is 0 Å². The number of fused-ring (bicyclic) bond motifs is 10. The summed E-state index contributed by atoms with van der Waals surface area (Å²) in [6, 6.07) is 62.5. The summed E-state index contributed by atoms with van der Waals surface area (Å²) in [5.41, 5.74) is 7.04. The fourth-order valence-corrected chi connectivity index (χ4v) is 10.3. The average molecular weight is 673 g/mol. The second kappa shape index (κ2) is 10.8. The van der Waals surface area contributed by atoms with E-state index in [0.717, 1.165) is 11.4 Å². The minimum Gasteiger partial charge on any atom is -0.307 e. The van der Waals surface area contributed by atoms with Crippen molar-refractivity contribution in [2.24, 2.45) is 0 Å². The summed E-state index contributed by atoms with van der Waals surface area (Å²) in [6.07, 6.45) is 0. The highest BCUT2D eigenvalue weighted by Crippen LogP contribution is 2.50. The number of rotatable bonds is 4. The van der Waals surface area contributed by atoms with E-state index in [-0.39, 0.29) is 0 Å². The first kappa shape index (κ1) is 28.0. The molecule has 11 rings (SSSR count). The van der Waals surface area contributed by atoms with Crippen LogP contribution < -0.4 is 4.90 Å². The zero-order chi connectivity index (χ0) is 32.8. The zero-order valence-electron chi connectivity index (χ0n) is 26.9. The van der Waals surface area contributed by atoms with Crippen molar-refractivity contribution in [3.8, 4) is 5.69 Å². The third-order valence-electron chi connectivity index (χ3n) is 10.1. The lowest BCUT2D eigenvalue weighted by Gasteiger charge is -2.29. The Morgan fingerprint density at radius 2 is 1.00 bits per heavy atom. The summed E-state index contributed by atoms with van der Waals surface area (Å²) >= 11 is 3.76. The summed E-state index contributed by atoms with van der Waals surface area (Å²) in [5, 5.41) is 10.2. The van der Waals surface area contributed by atoms with E-state index < -0.39 is 0 Å². The van der Waals surface area contributed by atoms with Crippen LogP contribution in [0.3, 0.4) is 0 Å². The quantitative estimate of drug-likeness (QED) is 0.181. The number of nitrogens with zero attached hydrogens (tertiary/aromatic N) is 2. The molecular formula is C46H28N2S2. The Morgan fingerprint density at radius 3 is 1.84 bits per heavy atom. The van der Waals surface area contributed by atoms with Crippen LogP contribution in [0.1, 0.15) is 0 Å². The molecule has 0 saturated carbocycles. The van der Waals surface area contributed by atoms with E-state index in [1.54, 1.807) is 0 Å². The van der Waals surface area contributed by atoms with Crippen molar-refractivity contribution in [3.05, 3.63) is 170 Å². The van der Waals surface area contributed by atoms with Gasteiger partial charge in [-0.05, 0) is 66.0 Å². The molecule has 0 radical (unpaired) electrons. The van der Waals surface area contributed by atoms with Crippen molar-refractivity contribution in [1.29, 1.82) is 0 Å². The fourth-order valence-electron chi connectivity index (χ4n) is 8.00. The summed E-state index contributed by atoms with van der Waals surface area (Å²) in [4.78, 5) is 2.54. The molecule has 3 heterocycles. The van der Waals surface area contributed by atoms with E-state index >= 15 is 0 Å². The lowest BCUT2D eigenvalue weighted by molar-refractivity contribution is 1.17. The summed E-state index contributed by atoms with van der Waals surface area (Å²) in [7, 11) is 0. The van der Waals surface area contributed by atoms with Gasteiger partial charge in [0.15, 0.2) is 0 Å². The third kappa shape index (κ3) is 4.01. The largest absolute Gasteiger partial charge is 0.307 e. The Balaban J connectivity index is 1.31. The Morgan fingerprint density at radius 1 is 0.380 bits per heavy atom. The van der Waals surface area contributed by atoms with Gasteiger partial charge in [-0.1, -0.05) is 109 Å². The van der Waals surface area contributed by atoms with Crippen LogP contribution in [0.5, 0.6) is 0 Å². The molecule has 11 aromatic rings. The predicted octanol–water partition coefficient (Wildman–Crippen LogP) is 14.1. The molecule has 0 saturated heterocycles. The maximum atomic E-state index is 2.54. The first-order valence-corrected chi connectivity index (χ1v) is 18.6. The Bertz CT molecular complexity index is 3110. The van der Waals surface area contributed by atoms with Crippen molar-refractivity contribution < 1.29 is 0 Å². The number of hydrogen-bond acceptors (Lipinski definition) is 3. The minimum atomic E-state index is 1.15. The molecule has 0 atom stereocenters. The molecule has 0 unspecified atom stereocenters. The van der Waals surface area contributed by atoms with Gasteiger partial charge in [0.2, 0.25) is 0 Å². The first-order valence-electron chi connectivity index (χ1n) is 16.9. The average Bonchev–Trinajstić information content (AvgIpc) is 3.85. The minimum absolute atomic E-state index is 1.15. The second-order valence-electron chi connectivity index (χ2n) is 12.9. The van der Waals surface area contributed by atoms with Crippen molar-refractivity contribution >= 4 is 113 Å². The summed E-state index contributed by atoms with van der Waals surface area (Å²) in [6.45, 7) is 0. The van der Waals surface area contributed by atoms with E-state index in [1.165, 1.54) is 84.3 Å². The summed E-state index contributed by atoms with van der Waals surface area (Å²) in [5.74, 6) is 0. The van der Waals surface area contributed by atoms with Gasteiger partial charge in [-0.2, -0.15) is 0 Å². The molecule has 50 heavy (non-hydrogen) atoms. The Kier molecular flexibility index (Phi) is 6.03. The van der Waals surface area contributed by atoms with Crippen LogP contribution in [0.2, 0.25) is 0 Å². The highest BCUT2D eigenvalue weighted by Gasteiger charge is 2.25. The molecule has 4 heteroatoms. The smallest absolute Gasteiger partial charge is 0.0782 e. The van der Waals surface area contributed by atoms with E-state index in [0.29, 0.717) is 0 Å². The molecule has 0 aliphatic carbocycles. The molecule has 0 fully saturated rings. The van der Waals surface area contributed by atoms with E-state index in [2.05, 4.69) is 179 Å². The molecule has 3 aromatic heterocycles. The van der Waals surface area contributed by atoms with Gasteiger partial charge >= 0.3 is 0 Å². The zero-order valence-corrected chi connectivity index (χ0v) is 28.5. The van der Waals surface area contributed by atoms with Crippen LogP contribution in [0.4, 0.5) is 17.1 Å². The lowest BCUT2D eigenvalue weighted by Crippen LogP contribution is -2.12. The number of hydrogen-bond donors (Lipinski definition) is 0. The standard InChI is InChI=1S/C46H28N2S2/c1-2-14-30(15-3-1)47-38-21-7-4-16-31(38)34-19-11-23-40(45(34)47)48(41-24-12-20-35-32-17-5-9-26-43(32)50-46(35)41)39-22-10-13-29-27-44-37(28-36(29)39)33-18-6-8-25-42(33)49-44/h1-28H. The SMILES string of the molecule is c1ccc(-n2c3ccccc3c3cccc(N(c4cccc5cc6sc7ccccc7c6cc45)c4cccc5c4sc4ccccc45)c32)cc1. The lowest BCUT2D eigenvalue weighted by atomic mass is 10.0. The molecule has 0 bridgehead atoms. The highest BCUT2D eigenvalue weighted by molar-refractivity contribution is 7.26. The fraction of sp³-hybridized carbons (Fsp3) is 0. The van der Waals surface area contributed by atoms with Gasteiger partial charge < -0.3 is 9.47 Å². The van der Waals surface area contributed by atoms with Crippen LogP contribution in [0, 0.1) is 0 Å². The first-order chi connectivity index (χ1) is 24.8. The number of anilines is 3. The van der Waals surface area contributed by atoms with Gasteiger partial charge in [0, 0.05) is 57.5 Å². The van der Waals surface area contributed by atoms with Gasteiger partial charge in [0.05, 0.1) is 32.8 Å². The number of aromatic nitrogens is 1. The van der Waals surface area contributed by atoms with Crippen LogP contribution in [-0.4, -0.2) is 4.57 Å². The van der Waals surface area contributed by atoms with Gasteiger partial charge in [0.25, 0.3) is 0 Å². The molecule has 2 nitrogen and oxygen atoms in total. The molecule has 234 valence electrons. The number of thiophene rings is 2. The normalized spacial score (nSPS) is 12.0. The molecule has 0 spiro atoms. The second-order valence-corrected chi connectivity index (χ2v) is 15.0. The van der Waals surface area contributed by atoms with Crippen molar-refractivity contribution in [3.63, 3.8) is 0 Å². The van der Waals surface area contributed by atoms with E-state index in [1.807, 2.05) is 22.7 Å².